The van der Waals surface area contributed by atoms with Crippen LogP contribution in [0.1, 0.15) is 112 Å². The molecule has 0 unspecified atom stereocenters. The Hall–Kier alpha value is -1.06. The van der Waals surface area contributed by atoms with Gasteiger partial charge in [-0.05, 0) is 32.6 Å². The summed E-state index contributed by atoms with van der Waals surface area (Å²) in [5, 5.41) is 10.4. The fraction of sp³-hybridized carbons (Fsp3) is 0.909. The number of ether oxygens (including phenoxy) is 1. The summed E-state index contributed by atoms with van der Waals surface area (Å²) < 4.78 is 5.52. The predicted molar refractivity (Wildman–Crippen MR) is 107 cm³/mol. The van der Waals surface area contributed by atoms with Crippen LogP contribution in [-0.2, 0) is 14.3 Å². The van der Waals surface area contributed by atoms with Crippen LogP contribution in [0.4, 0.5) is 0 Å². The van der Waals surface area contributed by atoms with Crippen LogP contribution in [0.15, 0.2) is 0 Å². The van der Waals surface area contributed by atoms with E-state index in [9.17, 15) is 14.7 Å². The number of hydrogen-bond donors (Lipinski definition) is 1. The van der Waals surface area contributed by atoms with E-state index >= 15 is 0 Å². The maximum Gasteiger partial charge on any atom is 0.313 e. The van der Waals surface area contributed by atoms with Crippen molar-refractivity contribution < 1.29 is 19.4 Å². The molecule has 0 bridgehead atoms. The minimum Gasteiger partial charge on any atom is -0.481 e. The number of hydrogen-bond acceptors (Lipinski definition) is 3. The standard InChI is InChI=1S/C22H42O4/c1-6-11-15-21(19(23)24,16-12-7-2)22(17-13-8-3,18-14-9-4)20(25)26-10-5/h6-18H2,1-5H3,(H,23,24). The van der Waals surface area contributed by atoms with Gasteiger partial charge in [0.2, 0.25) is 0 Å². The van der Waals surface area contributed by atoms with Gasteiger partial charge < -0.3 is 9.84 Å². The van der Waals surface area contributed by atoms with Crippen molar-refractivity contribution in [2.45, 2.75) is 112 Å². The first-order chi connectivity index (χ1) is 12.4. The third-order valence-corrected chi connectivity index (χ3v) is 5.82. The summed E-state index contributed by atoms with van der Waals surface area (Å²) in [6.07, 6.45) is 9.48. The van der Waals surface area contributed by atoms with Gasteiger partial charge in [-0.1, -0.05) is 79.1 Å². The molecule has 0 aliphatic rings. The van der Waals surface area contributed by atoms with Crippen molar-refractivity contribution in [3.05, 3.63) is 0 Å². The molecule has 0 atom stereocenters. The third-order valence-electron chi connectivity index (χ3n) is 5.82. The monoisotopic (exact) mass is 370 g/mol. The van der Waals surface area contributed by atoms with E-state index in [-0.39, 0.29) is 5.97 Å². The Morgan fingerprint density at radius 2 is 1.04 bits per heavy atom. The second-order valence-corrected chi connectivity index (χ2v) is 7.60. The van der Waals surface area contributed by atoms with Crippen LogP contribution in [0.2, 0.25) is 0 Å². The van der Waals surface area contributed by atoms with E-state index in [1.165, 1.54) is 0 Å². The van der Waals surface area contributed by atoms with Crippen molar-refractivity contribution in [2.24, 2.45) is 10.8 Å². The van der Waals surface area contributed by atoms with Gasteiger partial charge in [0, 0.05) is 0 Å². The van der Waals surface area contributed by atoms with E-state index in [4.69, 9.17) is 4.74 Å². The first kappa shape index (κ1) is 24.9. The molecule has 0 fully saturated rings. The molecule has 0 spiro atoms. The molecule has 0 amide bonds. The highest BCUT2D eigenvalue weighted by atomic mass is 16.5. The lowest BCUT2D eigenvalue weighted by Crippen LogP contribution is -2.53. The Bertz CT molecular complexity index is 387. The zero-order valence-corrected chi connectivity index (χ0v) is 17.9. The maximum atomic E-state index is 13.3. The number of carboxylic acids is 1. The lowest BCUT2D eigenvalue weighted by molar-refractivity contribution is -0.183. The summed E-state index contributed by atoms with van der Waals surface area (Å²) in [5.41, 5.74) is -1.93. The average molecular weight is 371 g/mol. The topological polar surface area (TPSA) is 63.6 Å². The van der Waals surface area contributed by atoms with Gasteiger partial charge in [-0.15, -0.1) is 0 Å². The van der Waals surface area contributed by atoms with Gasteiger partial charge in [0.25, 0.3) is 0 Å². The van der Waals surface area contributed by atoms with Crippen LogP contribution in [-0.4, -0.2) is 23.7 Å². The second kappa shape index (κ2) is 13.2. The molecule has 4 heteroatoms. The van der Waals surface area contributed by atoms with Crippen LogP contribution in [0, 0.1) is 10.8 Å². The predicted octanol–water partition coefficient (Wildman–Crippen LogP) is 6.37. The van der Waals surface area contributed by atoms with Crippen molar-refractivity contribution in [3.8, 4) is 0 Å². The first-order valence-corrected chi connectivity index (χ1v) is 10.8. The first-order valence-electron chi connectivity index (χ1n) is 10.8. The number of esters is 1. The molecule has 0 aromatic rings. The van der Waals surface area contributed by atoms with Gasteiger partial charge in [-0.3, -0.25) is 9.59 Å². The molecule has 154 valence electrons. The van der Waals surface area contributed by atoms with E-state index in [1.54, 1.807) is 0 Å². The van der Waals surface area contributed by atoms with Crippen molar-refractivity contribution in [1.29, 1.82) is 0 Å². The molecule has 0 saturated carbocycles. The smallest absolute Gasteiger partial charge is 0.313 e. The number of unbranched alkanes of at least 4 members (excludes halogenated alkanes) is 4. The highest BCUT2D eigenvalue weighted by molar-refractivity contribution is 5.87. The van der Waals surface area contributed by atoms with Gasteiger partial charge in [-0.25, -0.2) is 0 Å². The third kappa shape index (κ3) is 5.99. The Labute approximate surface area is 161 Å². The lowest BCUT2D eigenvalue weighted by atomic mass is 9.55. The van der Waals surface area contributed by atoms with E-state index in [0.29, 0.717) is 32.3 Å². The molecular weight excluding hydrogens is 328 g/mol. The zero-order valence-electron chi connectivity index (χ0n) is 17.9. The summed E-state index contributed by atoms with van der Waals surface area (Å²) in [7, 11) is 0. The normalized spacial score (nSPS) is 12.2. The Balaban J connectivity index is 6.35. The maximum absolute atomic E-state index is 13.3. The van der Waals surface area contributed by atoms with Gasteiger partial charge in [0.15, 0.2) is 0 Å². The fourth-order valence-corrected chi connectivity index (χ4v) is 4.21. The summed E-state index contributed by atoms with van der Waals surface area (Å²) in [6.45, 7) is 10.5. The van der Waals surface area contributed by atoms with Gasteiger partial charge in [-0.2, -0.15) is 0 Å². The minimum absolute atomic E-state index is 0.281. The number of carbonyl (C=O) groups is 2. The minimum atomic E-state index is -1.02. The molecule has 4 nitrogen and oxygen atoms in total. The molecule has 1 N–H and O–H groups in total. The Morgan fingerprint density at radius 3 is 1.31 bits per heavy atom. The molecule has 0 aliphatic carbocycles. The van der Waals surface area contributed by atoms with Crippen LogP contribution in [0.5, 0.6) is 0 Å². The number of aliphatic carboxylic acids is 1. The van der Waals surface area contributed by atoms with Crippen molar-refractivity contribution in [1.82, 2.24) is 0 Å². The van der Waals surface area contributed by atoms with Crippen molar-refractivity contribution in [3.63, 3.8) is 0 Å². The summed E-state index contributed by atoms with van der Waals surface area (Å²) in [5.74, 6) is -1.09. The summed E-state index contributed by atoms with van der Waals surface area (Å²) in [6, 6.07) is 0. The molecule has 26 heavy (non-hydrogen) atoms. The van der Waals surface area contributed by atoms with E-state index in [1.807, 2.05) is 6.92 Å². The van der Waals surface area contributed by atoms with Crippen LogP contribution in [0.25, 0.3) is 0 Å². The number of carbonyl (C=O) groups excluding carboxylic acids is 1. The fourth-order valence-electron chi connectivity index (χ4n) is 4.21. The molecule has 0 aromatic heterocycles. The second-order valence-electron chi connectivity index (χ2n) is 7.60. The Morgan fingerprint density at radius 1 is 0.692 bits per heavy atom. The molecule has 0 radical (unpaired) electrons. The summed E-state index contributed by atoms with van der Waals surface area (Å²) in [4.78, 5) is 26.0. The molecule has 0 rings (SSSR count). The van der Waals surface area contributed by atoms with Crippen molar-refractivity contribution in [2.75, 3.05) is 6.61 Å². The van der Waals surface area contributed by atoms with Gasteiger partial charge in [0.05, 0.1) is 17.4 Å². The van der Waals surface area contributed by atoms with Crippen LogP contribution in [0.3, 0.4) is 0 Å². The molecule has 0 aromatic carbocycles. The average Bonchev–Trinajstić information content (AvgIpc) is 2.63. The van der Waals surface area contributed by atoms with E-state index in [0.717, 1.165) is 51.4 Å². The van der Waals surface area contributed by atoms with E-state index in [2.05, 4.69) is 27.7 Å². The number of carboxylic acid groups (broad SMARTS) is 1. The van der Waals surface area contributed by atoms with Crippen LogP contribution < -0.4 is 0 Å². The highest BCUT2D eigenvalue weighted by Crippen LogP contribution is 2.54. The van der Waals surface area contributed by atoms with Gasteiger partial charge in [0.1, 0.15) is 0 Å². The lowest BCUT2D eigenvalue weighted by Gasteiger charge is -2.47. The molecule has 0 aliphatic heterocycles. The Kier molecular flexibility index (Phi) is 12.6. The van der Waals surface area contributed by atoms with Crippen LogP contribution >= 0.6 is 0 Å². The summed E-state index contributed by atoms with van der Waals surface area (Å²) >= 11 is 0. The zero-order chi connectivity index (χ0) is 20.1. The quantitative estimate of drug-likeness (QED) is 0.321. The molecular formula is C22H42O4. The van der Waals surface area contributed by atoms with Gasteiger partial charge >= 0.3 is 11.9 Å². The number of rotatable bonds is 16. The SMILES string of the molecule is CCCCC(CCCC)(C(=O)O)C(CCCC)(CCCC)C(=O)OCC. The van der Waals surface area contributed by atoms with E-state index < -0.39 is 16.8 Å². The molecule has 0 saturated heterocycles. The van der Waals surface area contributed by atoms with Crippen molar-refractivity contribution >= 4 is 11.9 Å². The molecule has 0 heterocycles. The highest BCUT2D eigenvalue weighted by Gasteiger charge is 2.59. The largest absolute Gasteiger partial charge is 0.481 e.